The molecule has 16 heteroatoms. The second-order valence-electron chi connectivity index (χ2n) is 16.0. The molecular formula is C45H69N5O11. The number of unbranched alkanes of at least 4 members (excludes halogenated alkanes) is 9. The first-order valence-corrected chi connectivity index (χ1v) is 22.0. The molecule has 2 amide bonds. The first kappa shape index (κ1) is 52.3. The zero-order valence-electron chi connectivity index (χ0n) is 35.9. The molecule has 2 rings (SSSR count). The van der Waals surface area contributed by atoms with Gasteiger partial charge < -0.3 is 37.0 Å². The summed E-state index contributed by atoms with van der Waals surface area (Å²) in [7, 11) is 0. The minimum Gasteiger partial charge on any atom is -0.481 e. The van der Waals surface area contributed by atoms with Crippen molar-refractivity contribution in [2.24, 2.45) is 11.7 Å². The Kier molecular flexibility index (Phi) is 26.0. The number of allylic oxidation sites excluding steroid dienone is 2. The van der Waals surface area contributed by atoms with E-state index in [4.69, 9.17) is 15.9 Å². The summed E-state index contributed by atoms with van der Waals surface area (Å²) in [5.41, 5.74) is 9.36. The monoisotopic (exact) mass is 855 g/mol. The maximum absolute atomic E-state index is 13.7. The molecule has 0 fully saturated rings. The van der Waals surface area contributed by atoms with Crippen molar-refractivity contribution in [1.82, 2.24) is 21.3 Å². The van der Waals surface area contributed by atoms with E-state index in [2.05, 4.69) is 21.3 Å². The highest BCUT2D eigenvalue weighted by atomic mass is 16.4. The molecule has 1 aromatic rings. The molecule has 0 spiro atoms. The Morgan fingerprint density at radius 1 is 0.672 bits per heavy atom. The van der Waals surface area contributed by atoms with Crippen LogP contribution in [0.4, 0.5) is 0 Å². The number of benzene rings is 1. The first-order valence-electron chi connectivity index (χ1n) is 22.0. The van der Waals surface area contributed by atoms with Crippen LogP contribution >= 0.6 is 0 Å². The van der Waals surface area contributed by atoms with E-state index in [0.29, 0.717) is 51.6 Å². The van der Waals surface area contributed by atoms with Crippen molar-refractivity contribution in [2.45, 2.75) is 160 Å². The molecule has 0 aliphatic heterocycles. The van der Waals surface area contributed by atoms with Crippen LogP contribution in [0.25, 0.3) is 5.57 Å². The number of carbonyl (C=O) groups excluding carboxylic acids is 5. The molecule has 0 saturated carbocycles. The van der Waals surface area contributed by atoms with E-state index in [1.165, 1.54) is 12.8 Å². The molecule has 0 saturated heterocycles. The summed E-state index contributed by atoms with van der Waals surface area (Å²) in [5, 5.41) is 37.9. The van der Waals surface area contributed by atoms with E-state index in [1.807, 2.05) is 30.3 Å². The van der Waals surface area contributed by atoms with Gasteiger partial charge in [-0.25, -0.2) is 4.79 Å². The van der Waals surface area contributed by atoms with Crippen molar-refractivity contribution < 1.29 is 53.7 Å². The quantitative estimate of drug-likeness (QED) is 0.0339. The lowest BCUT2D eigenvalue weighted by Gasteiger charge is -2.22. The predicted octanol–water partition coefficient (Wildman–Crippen LogP) is 4.46. The van der Waals surface area contributed by atoms with Gasteiger partial charge in [0.2, 0.25) is 11.8 Å². The fourth-order valence-electron chi connectivity index (χ4n) is 7.37. The second-order valence-corrected chi connectivity index (χ2v) is 16.0. The maximum Gasteiger partial charge on any atom is 0.341 e. The van der Waals surface area contributed by atoms with Gasteiger partial charge in [-0.15, -0.1) is 0 Å². The Hall–Kier alpha value is -4.80. The molecule has 1 aliphatic rings. The first-order chi connectivity index (χ1) is 29.2. The van der Waals surface area contributed by atoms with Crippen LogP contribution in [0.2, 0.25) is 0 Å². The number of ketones is 3. The normalized spacial score (nSPS) is 13.9. The molecule has 0 heterocycles. The average molecular weight is 856 g/mol. The minimum atomic E-state index is -1.64. The van der Waals surface area contributed by atoms with Crippen molar-refractivity contribution in [3.63, 3.8) is 0 Å². The number of fused-ring (bicyclic) bond motifs is 1. The molecule has 0 bridgehead atoms. The smallest absolute Gasteiger partial charge is 0.341 e. The number of hydrogen-bond donors (Lipinski definition) is 8. The number of carboxylic acid groups (broad SMARTS) is 3. The van der Waals surface area contributed by atoms with Crippen LogP contribution in [0.1, 0.15) is 146 Å². The van der Waals surface area contributed by atoms with Gasteiger partial charge in [-0.1, -0.05) is 81.7 Å². The van der Waals surface area contributed by atoms with Crippen LogP contribution in [0.5, 0.6) is 0 Å². The topological polar surface area (TPSA) is 271 Å². The van der Waals surface area contributed by atoms with Crippen LogP contribution in [-0.4, -0.2) is 100 Å². The second kappa shape index (κ2) is 30.3. The third kappa shape index (κ3) is 23.1. The van der Waals surface area contributed by atoms with Gasteiger partial charge in [-0.2, -0.15) is 0 Å². The lowest BCUT2D eigenvalue weighted by molar-refractivity contribution is -0.144. The van der Waals surface area contributed by atoms with Crippen molar-refractivity contribution in [1.29, 1.82) is 0 Å². The minimum absolute atomic E-state index is 0.106. The van der Waals surface area contributed by atoms with Gasteiger partial charge in [0.1, 0.15) is 23.4 Å². The van der Waals surface area contributed by atoms with Gasteiger partial charge in [0.05, 0.1) is 6.04 Å². The summed E-state index contributed by atoms with van der Waals surface area (Å²) >= 11 is 0. The molecule has 61 heavy (non-hydrogen) atoms. The van der Waals surface area contributed by atoms with E-state index in [-0.39, 0.29) is 49.6 Å². The summed E-state index contributed by atoms with van der Waals surface area (Å²) in [4.78, 5) is 97.3. The number of carboxylic acids is 3. The summed E-state index contributed by atoms with van der Waals surface area (Å²) in [6.45, 7) is 2.06. The highest BCUT2D eigenvalue weighted by Crippen LogP contribution is 2.33. The largest absolute Gasteiger partial charge is 0.481 e. The fourth-order valence-corrected chi connectivity index (χ4v) is 7.37. The van der Waals surface area contributed by atoms with Gasteiger partial charge in [0, 0.05) is 57.9 Å². The van der Waals surface area contributed by atoms with Gasteiger partial charge in [-0.3, -0.25) is 38.9 Å². The fraction of sp³-hybridized carbons (Fsp3) is 0.644. The van der Waals surface area contributed by atoms with Crippen LogP contribution in [-0.2, 0) is 44.8 Å². The molecule has 340 valence electrons. The Balaban J connectivity index is 1.78. The third-order valence-corrected chi connectivity index (χ3v) is 10.8. The Morgan fingerprint density at radius 2 is 1.28 bits per heavy atom. The van der Waals surface area contributed by atoms with Gasteiger partial charge in [0.25, 0.3) is 0 Å². The number of Topliss-reactive ketones (excluding diaryl/α,β-unsaturated/α-hetero) is 3. The van der Waals surface area contributed by atoms with E-state index in [0.717, 1.165) is 75.0 Å². The molecule has 16 nitrogen and oxygen atoms in total. The molecule has 1 aromatic carbocycles. The van der Waals surface area contributed by atoms with Crippen LogP contribution in [0.15, 0.2) is 30.3 Å². The molecule has 0 aromatic heterocycles. The molecule has 4 atom stereocenters. The van der Waals surface area contributed by atoms with E-state index in [1.54, 1.807) is 0 Å². The number of nitrogens with one attached hydrogen (secondary N) is 4. The SMILES string of the molecule is CC(=O)N[C@H](CCC(=O)O)C(=O)N[C@@H](NCCC(=O)[C@H](CC(=O)[C@@H](N)CCNCCCC(=O)CCCCCCCCCCCCC(=O)O)CC1=CCc2ccccc21)C(=O)O. The molecular weight excluding hydrogens is 787 g/mol. The number of carbonyl (C=O) groups is 8. The lowest BCUT2D eigenvalue weighted by Crippen LogP contribution is -2.56. The maximum atomic E-state index is 13.7. The van der Waals surface area contributed by atoms with Gasteiger partial charge >= 0.3 is 17.9 Å². The molecule has 9 N–H and O–H groups in total. The Labute approximate surface area is 359 Å². The highest BCUT2D eigenvalue weighted by molar-refractivity contribution is 5.92. The van der Waals surface area contributed by atoms with Crippen molar-refractivity contribution in [2.75, 3.05) is 19.6 Å². The van der Waals surface area contributed by atoms with Crippen LogP contribution in [0.3, 0.4) is 0 Å². The van der Waals surface area contributed by atoms with Crippen LogP contribution in [0, 0.1) is 5.92 Å². The van der Waals surface area contributed by atoms with E-state index in [9.17, 15) is 43.5 Å². The predicted molar refractivity (Wildman–Crippen MR) is 230 cm³/mol. The number of rotatable bonds is 37. The van der Waals surface area contributed by atoms with E-state index >= 15 is 0 Å². The van der Waals surface area contributed by atoms with Crippen molar-refractivity contribution in [3.8, 4) is 0 Å². The van der Waals surface area contributed by atoms with Gasteiger partial charge in [-0.05, 0) is 74.7 Å². The summed E-state index contributed by atoms with van der Waals surface area (Å²) in [6, 6.07) is 5.72. The summed E-state index contributed by atoms with van der Waals surface area (Å²) in [5.74, 6) is -5.93. The molecule has 0 radical (unpaired) electrons. The lowest BCUT2D eigenvalue weighted by atomic mass is 9.85. The average Bonchev–Trinajstić information content (AvgIpc) is 3.62. The summed E-state index contributed by atoms with van der Waals surface area (Å²) in [6.07, 6.45) is 13.2. The third-order valence-electron chi connectivity index (χ3n) is 10.8. The van der Waals surface area contributed by atoms with Crippen molar-refractivity contribution >= 4 is 52.6 Å². The number of hydrogen-bond acceptors (Lipinski definition) is 11. The molecule has 0 unspecified atom stereocenters. The number of nitrogens with two attached hydrogens (primary N) is 1. The Bertz CT molecular complexity index is 1630. The Morgan fingerprint density at radius 3 is 1.90 bits per heavy atom. The van der Waals surface area contributed by atoms with Crippen LogP contribution < -0.4 is 27.0 Å². The standard InChI is InChI=1S/C45H69N5O11/c1-31(51)49-38(22-23-42(57)58)44(59)50-43(45(60)61)48-28-25-39(53)34(29-33-21-20-32-15-12-13-18-36(32)33)30-40(54)37(46)24-27-47-26-14-17-35(52)16-10-8-6-4-2-3-5-7-9-11-19-41(55)56/h12-13,15,18,21,34,37-38,43,47-48H,2-11,14,16-17,19-20,22-30,46H2,1H3,(H,49,51)(H,50,59)(H,55,56)(H,57,58)(H,60,61)/t34-,37-,38+,43+/m0/s1. The zero-order valence-corrected chi connectivity index (χ0v) is 35.9. The zero-order chi connectivity index (χ0) is 45.0. The highest BCUT2D eigenvalue weighted by Gasteiger charge is 2.29. The van der Waals surface area contributed by atoms with Crippen molar-refractivity contribution in [3.05, 3.63) is 41.5 Å². The van der Waals surface area contributed by atoms with Gasteiger partial charge in [0.15, 0.2) is 6.17 Å². The molecule has 1 aliphatic carbocycles. The summed E-state index contributed by atoms with van der Waals surface area (Å²) < 4.78 is 0. The number of aliphatic carboxylic acids is 3. The van der Waals surface area contributed by atoms with E-state index < -0.39 is 60.3 Å². The number of amides is 2.